The van der Waals surface area contributed by atoms with Crippen molar-refractivity contribution in [3.05, 3.63) is 54.6 Å². The number of methoxy groups -OCH3 is 1. The third-order valence-electron chi connectivity index (χ3n) is 6.55. The van der Waals surface area contributed by atoms with Crippen LogP contribution >= 0.6 is 0 Å². The largest absolute Gasteiger partial charge is 0.497 e. The predicted molar refractivity (Wildman–Crippen MR) is 114 cm³/mol. The number of carbonyl (C=O) groups excluding carboxylic acids is 1. The molecule has 2 aromatic heterocycles. The maximum Gasteiger partial charge on any atom is 0.225 e. The number of hydrogen-bond donors (Lipinski definition) is 1. The molecule has 1 aromatic carbocycles. The maximum absolute atomic E-state index is 12.7. The van der Waals surface area contributed by atoms with E-state index in [0.29, 0.717) is 18.5 Å². The summed E-state index contributed by atoms with van der Waals surface area (Å²) < 4.78 is 12.5. The van der Waals surface area contributed by atoms with Crippen LogP contribution in [0, 0.1) is 11.8 Å². The highest BCUT2D eigenvalue weighted by Crippen LogP contribution is 2.37. The Kier molecular flexibility index (Phi) is 5.46. The van der Waals surface area contributed by atoms with E-state index in [1.165, 1.54) is 0 Å². The van der Waals surface area contributed by atoms with Gasteiger partial charge in [0.15, 0.2) is 0 Å². The molecule has 0 aliphatic carbocycles. The van der Waals surface area contributed by atoms with E-state index in [2.05, 4.69) is 20.5 Å². The first kappa shape index (κ1) is 19.8. The Bertz CT molecular complexity index is 1010. The lowest BCUT2D eigenvalue weighted by molar-refractivity contribution is -0.133. The highest BCUT2D eigenvalue weighted by Gasteiger charge is 2.43. The number of hydrogen-bond acceptors (Lipinski definition) is 6. The Balaban J connectivity index is 1.19. The Labute approximate surface area is 181 Å². The average Bonchev–Trinajstić information content (AvgIpc) is 3.50. The van der Waals surface area contributed by atoms with Gasteiger partial charge in [-0.1, -0.05) is 5.21 Å². The lowest BCUT2D eigenvalue weighted by Gasteiger charge is -2.49. The van der Waals surface area contributed by atoms with Gasteiger partial charge < -0.3 is 14.5 Å². The van der Waals surface area contributed by atoms with Crippen molar-refractivity contribution < 1.29 is 13.9 Å². The second kappa shape index (κ2) is 8.55. The molecular weight excluding hydrogens is 394 g/mol. The van der Waals surface area contributed by atoms with E-state index >= 15 is 0 Å². The topological polar surface area (TPSA) is 85.4 Å². The molecule has 8 nitrogen and oxygen atoms in total. The molecule has 8 heteroatoms. The van der Waals surface area contributed by atoms with E-state index in [1.807, 2.05) is 47.3 Å². The number of amides is 1. The average molecular weight is 422 g/mol. The zero-order valence-corrected chi connectivity index (χ0v) is 17.6. The predicted octanol–water partition coefficient (Wildman–Crippen LogP) is 2.57. The van der Waals surface area contributed by atoms with Crippen molar-refractivity contribution in [1.29, 1.82) is 0 Å². The van der Waals surface area contributed by atoms with E-state index in [4.69, 9.17) is 9.15 Å². The summed E-state index contributed by atoms with van der Waals surface area (Å²) in [6, 6.07) is 11.9. The van der Waals surface area contributed by atoms with Crippen LogP contribution < -0.4 is 10.1 Å². The number of benzene rings is 1. The summed E-state index contributed by atoms with van der Waals surface area (Å²) in [4.78, 5) is 15.2. The molecule has 1 unspecified atom stereocenters. The van der Waals surface area contributed by atoms with Crippen LogP contribution in [0.2, 0.25) is 0 Å². The lowest BCUT2D eigenvalue weighted by atomic mass is 9.75. The molecule has 3 saturated heterocycles. The fraction of sp³-hybridized carbons (Fsp3) is 0.435. The molecule has 31 heavy (non-hydrogen) atoms. The molecule has 2 bridgehead atoms. The van der Waals surface area contributed by atoms with Crippen molar-refractivity contribution in [2.45, 2.75) is 32.0 Å². The SMILES string of the molecule is COc1ccc(-c2cn(C[C@H]3C[C@@H]4CCN3C[C@@H]4C(=O)NCc3ccco3)nn2)cc1. The van der Waals surface area contributed by atoms with E-state index in [0.717, 1.165) is 55.2 Å². The van der Waals surface area contributed by atoms with Crippen molar-refractivity contribution in [2.75, 3.05) is 20.2 Å². The molecule has 1 N–H and O–H groups in total. The minimum atomic E-state index is 0.0468. The molecule has 3 fully saturated rings. The molecule has 6 rings (SSSR count). The van der Waals surface area contributed by atoms with Crippen molar-refractivity contribution in [1.82, 2.24) is 25.2 Å². The summed E-state index contributed by atoms with van der Waals surface area (Å²) in [5.41, 5.74) is 1.87. The summed E-state index contributed by atoms with van der Waals surface area (Å²) in [6.07, 6.45) is 5.71. The zero-order valence-electron chi connectivity index (χ0n) is 17.6. The van der Waals surface area contributed by atoms with Gasteiger partial charge in [0, 0.05) is 18.2 Å². The fourth-order valence-electron chi connectivity index (χ4n) is 4.84. The summed E-state index contributed by atoms with van der Waals surface area (Å²) >= 11 is 0. The monoisotopic (exact) mass is 421 g/mol. The van der Waals surface area contributed by atoms with Crippen LogP contribution in [0.25, 0.3) is 11.3 Å². The van der Waals surface area contributed by atoms with E-state index in [-0.39, 0.29) is 11.8 Å². The summed E-state index contributed by atoms with van der Waals surface area (Å²) in [7, 11) is 1.66. The minimum absolute atomic E-state index is 0.0468. The molecule has 0 spiro atoms. The maximum atomic E-state index is 12.7. The normalized spacial score (nSPS) is 24.8. The second-order valence-corrected chi connectivity index (χ2v) is 8.39. The number of furan rings is 1. The van der Waals surface area contributed by atoms with Crippen molar-refractivity contribution in [2.24, 2.45) is 11.8 Å². The van der Waals surface area contributed by atoms with Gasteiger partial charge in [-0.25, -0.2) is 0 Å². The van der Waals surface area contributed by atoms with Crippen molar-refractivity contribution in [3.63, 3.8) is 0 Å². The standard InChI is InChI=1S/C23H27N5O3/c1-30-19-6-4-16(5-7-19)22-15-28(26-25-22)13-18-11-17-8-9-27(18)14-21(17)23(29)24-12-20-3-2-10-31-20/h2-7,10,15,17-18,21H,8-9,11-14H2,1H3,(H,24,29)/t17-,18+,21-/m0/s1. The molecule has 4 atom stereocenters. The first-order valence-electron chi connectivity index (χ1n) is 10.8. The molecule has 3 aromatic rings. The van der Waals surface area contributed by atoms with Gasteiger partial charge in [0.2, 0.25) is 5.91 Å². The highest BCUT2D eigenvalue weighted by molar-refractivity contribution is 5.79. The van der Waals surface area contributed by atoms with Gasteiger partial charge in [-0.3, -0.25) is 14.4 Å². The van der Waals surface area contributed by atoms with E-state index in [9.17, 15) is 4.79 Å². The second-order valence-electron chi connectivity index (χ2n) is 8.39. The van der Waals surface area contributed by atoms with Gasteiger partial charge in [0.1, 0.15) is 17.2 Å². The van der Waals surface area contributed by atoms with Crippen LogP contribution in [0.1, 0.15) is 18.6 Å². The van der Waals surface area contributed by atoms with Crippen LogP contribution in [-0.4, -0.2) is 52.0 Å². The summed E-state index contributed by atoms with van der Waals surface area (Å²) in [5, 5.41) is 11.7. The Hall–Kier alpha value is -3.13. The number of ether oxygens (including phenoxy) is 1. The number of nitrogens with one attached hydrogen (secondary N) is 1. The third-order valence-corrected chi connectivity index (χ3v) is 6.55. The molecule has 162 valence electrons. The van der Waals surface area contributed by atoms with Crippen LogP contribution in [0.4, 0.5) is 0 Å². The molecule has 1 amide bonds. The highest BCUT2D eigenvalue weighted by atomic mass is 16.5. The van der Waals surface area contributed by atoms with Gasteiger partial charge >= 0.3 is 0 Å². The Morgan fingerprint density at radius 3 is 2.87 bits per heavy atom. The van der Waals surface area contributed by atoms with Gasteiger partial charge in [-0.15, -0.1) is 5.10 Å². The van der Waals surface area contributed by atoms with E-state index in [1.54, 1.807) is 13.4 Å². The quantitative estimate of drug-likeness (QED) is 0.631. The molecule has 5 heterocycles. The van der Waals surface area contributed by atoms with Crippen LogP contribution in [0.15, 0.2) is 53.3 Å². The molecule has 3 aliphatic heterocycles. The number of carbonyl (C=O) groups is 1. The van der Waals surface area contributed by atoms with Crippen LogP contribution in [0.5, 0.6) is 5.75 Å². The first-order chi connectivity index (χ1) is 15.2. The molecule has 3 aliphatic rings. The number of piperidine rings is 3. The molecule has 0 saturated carbocycles. The van der Waals surface area contributed by atoms with Crippen LogP contribution in [-0.2, 0) is 17.9 Å². The summed E-state index contributed by atoms with van der Waals surface area (Å²) in [5.74, 6) is 2.20. The zero-order chi connectivity index (χ0) is 21.2. The van der Waals surface area contributed by atoms with Gasteiger partial charge in [0.25, 0.3) is 0 Å². The summed E-state index contributed by atoms with van der Waals surface area (Å²) in [6.45, 7) is 3.09. The van der Waals surface area contributed by atoms with Crippen LogP contribution in [0.3, 0.4) is 0 Å². The van der Waals surface area contributed by atoms with E-state index < -0.39 is 0 Å². The number of aromatic nitrogens is 3. The Morgan fingerprint density at radius 2 is 2.16 bits per heavy atom. The molecule has 0 radical (unpaired) electrons. The van der Waals surface area contributed by atoms with Crippen molar-refractivity contribution in [3.8, 4) is 17.0 Å². The molecular formula is C23H27N5O3. The fourth-order valence-corrected chi connectivity index (χ4v) is 4.84. The van der Waals surface area contributed by atoms with Gasteiger partial charge in [0.05, 0.1) is 38.6 Å². The number of fused-ring (bicyclic) bond motifs is 3. The van der Waals surface area contributed by atoms with Gasteiger partial charge in [-0.2, -0.15) is 0 Å². The third kappa shape index (κ3) is 4.20. The van der Waals surface area contributed by atoms with Gasteiger partial charge in [-0.05, 0) is 61.7 Å². The first-order valence-corrected chi connectivity index (χ1v) is 10.8. The lowest BCUT2D eigenvalue weighted by Crippen LogP contribution is -2.57. The van der Waals surface area contributed by atoms with Crippen molar-refractivity contribution >= 4 is 5.91 Å². The smallest absolute Gasteiger partial charge is 0.225 e. The number of rotatable bonds is 7. The Morgan fingerprint density at radius 1 is 1.29 bits per heavy atom. The number of nitrogens with zero attached hydrogens (tertiary/aromatic N) is 4. The minimum Gasteiger partial charge on any atom is -0.497 e.